The van der Waals surface area contributed by atoms with Crippen molar-refractivity contribution in [1.82, 2.24) is 5.32 Å². The largest absolute Gasteiger partial charge is 0.465 e. The molecule has 0 fully saturated rings. The van der Waals surface area contributed by atoms with E-state index in [1.54, 1.807) is 11.3 Å². The molecule has 29 heavy (non-hydrogen) atoms. The Balaban J connectivity index is 1.48. The second kappa shape index (κ2) is 8.90. The number of fused-ring (bicyclic) bond motifs is 1. The number of anilines is 1. The minimum absolute atomic E-state index is 0.0598. The first-order chi connectivity index (χ1) is 14.2. The number of ether oxygens (including phenoxy) is 1. The smallest absolute Gasteiger partial charge is 0.341 e. The van der Waals surface area contributed by atoms with Crippen LogP contribution < -0.4 is 10.6 Å². The summed E-state index contributed by atoms with van der Waals surface area (Å²) in [6.07, 6.45) is 2.85. The molecule has 3 aromatic rings. The Morgan fingerprint density at radius 2 is 1.97 bits per heavy atom. The summed E-state index contributed by atoms with van der Waals surface area (Å²) in [4.78, 5) is 27.3. The fraction of sp³-hybridized carbons (Fsp3) is 0.273. The minimum Gasteiger partial charge on any atom is -0.465 e. The molecule has 0 unspecified atom stereocenters. The van der Waals surface area contributed by atoms with Gasteiger partial charge in [-0.25, -0.2) is 4.79 Å². The third-order valence-corrected chi connectivity index (χ3v) is 7.14. The minimum atomic E-state index is -0.381. The maximum absolute atomic E-state index is 12.7. The summed E-state index contributed by atoms with van der Waals surface area (Å²) in [5, 5.41) is 8.91. The third kappa shape index (κ3) is 4.27. The predicted octanol–water partition coefficient (Wildman–Crippen LogP) is 4.40. The van der Waals surface area contributed by atoms with Crippen molar-refractivity contribution in [1.29, 1.82) is 0 Å². The molecule has 0 saturated heterocycles. The van der Waals surface area contributed by atoms with Crippen LogP contribution in [-0.2, 0) is 22.4 Å². The van der Waals surface area contributed by atoms with Crippen molar-refractivity contribution in [2.24, 2.45) is 0 Å². The van der Waals surface area contributed by atoms with E-state index in [2.05, 4.69) is 28.8 Å². The van der Waals surface area contributed by atoms with E-state index in [1.807, 2.05) is 29.6 Å². The molecule has 2 aromatic heterocycles. The molecule has 1 aliphatic carbocycles. The van der Waals surface area contributed by atoms with Gasteiger partial charge in [-0.2, -0.15) is 0 Å². The van der Waals surface area contributed by atoms with Crippen molar-refractivity contribution in [3.63, 3.8) is 0 Å². The zero-order valence-electron chi connectivity index (χ0n) is 16.1. The Morgan fingerprint density at radius 3 is 2.69 bits per heavy atom. The molecule has 4 rings (SSSR count). The molecule has 1 amide bonds. The number of methoxy groups -OCH3 is 1. The summed E-state index contributed by atoms with van der Waals surface area (Å²) in [5.41, 5.74) is 2.66. The van der Waals surface area contributed by atoms with Crippen LogP contribution in [0.2, 0.25) is 0 Å². The number of nitrogens with one attached hydrogen (secondary N) is 2. The number of thiophene rings is 2. The van der Waals surface area contributed by atoms with E-state index in [0.717, 1.165) is 35.3 Å². The number of carbonyl (C=O) groups excluding carboxylic acids is 2. The zero-order chi connectivity index (χ0) is 20.2. The molecule has 5 nitrogen and oxygen atoms in total. The van der Waals surface area contributed by atoms with E-state index in [0.29, 0.717) is 10.6 Å². The van der Waals surface area contributed by atoms with Gasteiger partial charge in [0, 0.05) is 9.75 Å². The molecule has 0 radical (unpaired) electrons. The van der Waals surface area contributed by atoms with Crippen LogP contribution in [0.25, 0.3) is 0 Å². The summed E-state index contributed by atoms with van der Waals surface area (Å²) >= 11 is 3.14. The quantitative estimate of drug-likeness (QED) is 0.550. The fourth-order valence-electron chi connectivity index (χ4n) is 3.66. The number of aryl methyl sites for hydroxylation is 1. The number of benzene rings is 1. The van der Waals surface area contributed by atoms with Crippen LogP contribution in [-0.4, -0.2) is 25.5 Å². The van der Waals surface area contributed by atoms with Crippen molar-refractivity contribution in [3.8, 4) is 0 Å². The van der Waals surface area contributed by atoms with E-state index >= 15 is 0 Å². The van der Waals surface area contributed by atoms with Crippen LogP contribution >= 0.6 is 22.7 Å². The van der Waals surface area contributed by atoms with Crippen molar-refractivity contribution < 1.29 is 14.3 Å². The van der Waals surface area contributed by atoms with Gasteiger partial charge in [-0.1, -0.05) is 36.4 Å². The number of rotatable bonds is 7. The Morgan fingerprint density at radius 1 is 1.14 bits per heavy atom. The molecule has 2 heterocycles. The molecule has 0 saturated carbocycles. The number of amides is 1. The molecule has 2 N–H and O–H groups in total. The summed E-state index contributed by atoms with van der Waals surface area (Å²) < 4.78 is 4.95. The lowest BCUT2D eigenvalue weighted by Crippen LogP contribution is -2.31. The molecule has 0 spiro atoms. The average Bonchev–Trinajstić information content (AvgIpc) is 3.46. The lowest BCUT2D eigenvalue weighted by Gasteiger charge is -2.18. The molecular weight excluding hydrogens is 404 g/mol. The Kier molecular flexibility index (Phi) is 6.08. The molecule has 0 aliphatic heterocycles. The summed E-state index contributed by atoms with van der Waals surface area (Å²) in [5.74, 6) is -0.555. The van der Waals surface area contributed by atoms with Crippen LogP contribution in [0.1, 0.15) is 43.7 Å². The van der Waals surface area contributed by atoms with Gasteiger partial charge < -0.3 is 10.1 Å². The summed E-state index contributed by atoms with van der Waals surface area (Å²) in [7, 11) is 1.37. The van der Waals surface area contributed by atoms with Crippen LogP contribution in [0.4, 0.5) is 5.00 Å². The lowest BCUT2D eigenvalue weighted by molar-refractivity contribution is -0.115. The van der Waals surface area contributed by atoms with Crippen molar-refractivity contribution in [2.75, 3.05) is 19.0 Å². The topological polar surface area (TPSA) is 67.4 Å². The maximum Gasteiger partial charge on any atom is 0.341 e. The number of carbonyl (C=O) groups is 2. The molecule has 1 aromatic carbocycles. The van der Waals surface area contributed by atoms with Gasteiger partial charge in [0.15, 0.2) is 0 Å². The van der Waals surface area contributed by atoms with E-state index in [-0.39, 0.29) is 24.5 Å². The molecule has 150 valence electrons. The average molecular weight is 427 g/mol. The monoisotopic (exact) mass is 426 g/mol. The summed E-state index contributed by atoms with van der Waals surface area (Å²) in [6, 6.07) is 14.1. The van der Waals surface area contributed by atoms with Gasteiger partial charge in [0.05, 0.1) is 25.3 Å². The van der Waals surface area contributed by atoms with Gasteiger partial charge in [-0.15, -0.1) is 22.7 Å². The second-order valence-electron chi connectivity index (χ2n) is 6.84. The zero-order valence-corrected chi connectivity index (χ0v) is 17.7. The van der Waals surface area contributed by atoms with Gasteiger partial charge in [-0.05, 0) is 41.8 Å². The van der Waals surface area contributed by atoms with Crippen molar-refractivity contribution in [3.05, 3.63) is 74.3 Å². The number of esters is 1. The normalized spacial score (nSPS) is 13.7. The molecule has 0 bridgehead atoms. The van der Waals surface area contributed by atoms with Gasteiger partial charge >= 0.3 is 5.97 Å². The highest BCUT2D eigenvalue weighted by atomic mass is 32.1. The highest BCUT2D eigenvalue weighted by molar-refractivity contribution is 7.17. The van der Waals surface area contributed by atoms with Crippen molar-refractivity contribution >= 4 is 39.6 Å². The van der Waals surface area contributed by atoms with Gasteiger partial charge in [0.25, 0.3) is 0 Å². The van der Waals surface area contributed by atoms with E-state index in [1.165, 1.54) is 23.3 Å². The number of hydrogen-bond acceptors (Lipinski definition) is 6. The van der Waals surface area contributed by atoms with Crippen LogP contribution in [0, 0.1) is 0 Å². The van der Waals surface area contributed by atoms with Gasteiger partial charge in [0.2, 0.25) is 5.91 Å². The first-order valence-corrected chi connectivity index (χ1v) is 11.2. The maximum atomic E-state index is 12.7. The van der Waals surface area contributed by atoms with Gasteiger partial charge in [0.1, 0.15) is 5.00 Å². The molecular formula is C22H22N2O3S2. The Hall–Kier alpha value is -2.48. The molecule has 1 aliphatic rings. The first kappa shape index (κ1) is 19.8. The first-order valence-electron chi connectivity index (χ1n) is 9.51. The lowest BCUT2D eigenvalue weighted by atomic mass is 10.1. The second-order valence-corrected chi connectivity index (χ2v) is 8.93. The highest BCUT2D eigenvalue weighted by Crippen LogP contribution is 2.39. The van der Waals surface area contributed by atoms with Crippen LogP contribution in [0.15, 0.2) is 47.8 Å². The Bertz CT molecular complexity index is 997. The van der Waals surface area contributed by atoms with E-state index in [4.69, 9.17) is 4.74 Å². The molecule has 1 atom stereocenters. The van der Waals surface area contributed by atoms with E-state index < -0.39 is 0 Å². The third-order valence-electron chi connectivity index (χ3n) is 4.99. The highest BCUT2D eigenvalue weighted by Gasteiger charge is 2.28. The SMILES string of the molecule is COC(=O)c1c(NC(=O)CN[C@H](c2ccccc2)c2cccs2)sc2c1CCC2. The predicted molar refractivity (Wildman–Crippen MR) is 117 cm³/mol. The van der Waals surface area contributed by atoms with Crippen LogP contribution in [0.3, 0.4) is 0 Å². The standard InChI is InChI=1S/C22H22N2O3S2/c1-27-22(26)19-15-9-5-10-16(15)29-21(19)24-18(25)13-23-20(17-11-6-12-28-17)14-7-3-2-4-8-14/h2-4,6-8,11-12,20,23H,5,9-10,13H2,1H3,(H,24,25)/t20-/m1/s1. The van der Waals surface area contributed by atoms with Gasteiger partial charge in [-0.3, -0.25) is 10.1 Å². The van der Waals surface area contributed by atoms with Crippen LogP contribution in [0.5, 0.6) is 0 Å². The molecule has 7 heteroatoms. The Labute approximate surface area is 177 Å². The fourth-order valence-corrected chi connectivity index (χ4v) is 5.78. The van der Waals surface area contributed by atoms with E-state index in [9.17, 15) is 9.59 Å². The summed E-state index contributed by atoms with van der Waals surface area (Å²) in [6.45, 7) is 0.140. The number of hydrogen-bond donors (Lipinski definition) is 2. The van der Waals surface area contributed by atoms with Crippen molar-refractivity contribution in [2.45, 2.75) is 25.3 Å².